The molecule has 0 spiro atoms. The first-order chi connectivity index (χ1) is 13.6. The van der Waals surface area contributed by atoms with E-state index in [4.69, 9.17) is 0 Å². The van der Waals surface area contributed by atoms with Gasteiger partial charge in [0.15, 0.2) is 0 Å². The van der Waals surface area contributed by atoms with Crippen molar-refractivity contribution in [3.05, 3.63) is 52.1 Å². The molecule has 0 fully saturated rings. The van der Waals surface area contributed by atoms with E-state index in [1.54, 1.807) is 6.33 Å². The first-order valence-corrected chi connectivity index (χ1v) is 10.0. The first-order valence-electron chi connectivity index (χ1n) is 10.0. The summed E-state index contributed by atoms with van der Waals surface area (Å²) in [4.78, 5) is 32.5. The lowest BCUT2D eigenvalue weighted by Gasteiger charge is -2.13. The molecule has 0 saturated heterocycles. The molecule has 0 atom stereocenters. The number of allylic oxidation sites excluding steroid dienone is 1. The number of amides is 1. The molecular weight excluding hydrogens is 352 g/mol. The maximum absolute atomic E-state index is 12.8. The normalized spacial score (nSPS) is 14.4. The summed E-state index contributed by atoms with van der Waals surface area (Å²) < 4.78 is 1.51. The van der Waals surface area contributed by atoms with Crippen molar-refractivity contribution in [3.63, 3.8) is 0 Å². The number of aromatic nitrogens is 3. The zero-order valence-corrected chi connectivity index (χ0v) is 16.3. The number of carbonyl (C=O) groups excluding carboxylic acids is 1. The van der Waals surface area contributed by atoms with Crippen molar-refractivity contribution in [2.24, 2.45) is 0 Å². The fraction of sp³-hybridized carbons (Fsp3) is 0.409. The zero-order valence-electron chi connectivity index (χ0n) is 16.3. The van der Waals surface area contributed by atoms with Gasteiger partial charge in [0.1, 0.15) is 11.0 Å². The lowest BCUT2D eigenvalue weighted by molar-refractivity contribution is -0.121. The highest BCUT2D eigenvalue weighted by Gasteiger charge is 2.12. The lowest BCUT2D eigenvalue weighted by atomic mass is 9.97. The summed E-state index contributed by atoms with van der Waals surface area (Å²) >= 11 is 0. The number of nitrogens with zero attached hydrogens (tertiary/aromatic N) is 2. The molecule has 2 heterocycles. The van der Waals surface area contributed by atoms with Crippen LogP contribution in [-0.4, -0.2) is 27.0 Å². The van der Waals surface area contributed by atoms with E-state index in [-0.39, 0.29) is 17.9 Å². The van der Waals surface area contributed by atoms with Gasteiger partial charge in [-0.3, -0.25) is 14.2 Å². The Balaban J connectivity index is 1.40. The maximum atomic E-state index is 12.8. The predicted molar refractivity (Wildman–Crippen MR) is 111 cm³/mol. The Kier molecular flexibility index (Phi) is 5.28. The third-order valence-corrected chi connectivity index (χ3v) is 5.46. The smallest absolute Gasteiger partial charge is 0.277 e. The quantitative estimate of drug-likeness (QED) is 0.644. The number of benzene rings is 1. The van der Waals surface area contributed by atoms with Crippen LogP contribution < -0.4 is 10.9 Å². The van der Waals surface area contributed by atoms with Crippen LogP contribution >= 0.6 is 0 Å². The second-order valence-electron chi connectivity index (χ2n) is 7.60. The van der Waals surface area contributed by atoms with E-state index in [1.807, 2.05) is 25.1 Å². The van der Waals surface area contributed by atoms with E-state index in [1.165, 1.54) is 23.0 Å². The topological polar surface area (TPSA) is 79.8 Å². The molecule has 3 aromatic rings. The van der Waals surface area contributed by atoms with Crippen LogP contribution in [0.4, 0.5) is 0 Å². The number of H-pyrrole nitrogens is 1. The molecule has 0 saturated carbocycles. The van der Waals surface area contributed by atoms with Gasteiger partial charge in [-0.05, 0) is 51.2 Å². The predicted octanol–water partition coefficient (Wildman–Crippen LogP) is 3.58. The third kappa shape index (κ3) is 3.86. The van der Waals surface area contributed by atoms with Crippen LogP contribution in [0, 0.1) is 6.92 Å². The standard InChI is InChI=1S/C22H26N4O2/c1-15-7-8-18-17(13-15)20-21(25-18)22(28)26(14-24-20)12-10-19(27)23-11-9-16-5-3-2-4-6-16/h5,7-8,13-14,25H,2-4,6,9-12H2,1H3,(H,23,27). The van der Waals surface area contributed by atoms with E-state index in [9.17, 15) is 9.59 Å². The highest BCUT2D eigenvalue weighted by Crippen LogP contribution is 2.22. The Labute approximate surface area is 163 Å². The molecule has 0 unspecified atom stereocenters. The fourth-order valence-electron chi connectivity index (χ4n) is 3.87. The molecule has 1 amide bonds. The number of rotatable bonds is 6. The number of aryl methyl sites for hydroxylation is 2. The second kappa shape index (κ2) is 8.00. The van der Waals surface area contributed by atoms with Gasteiger partial charge in [-0.1, -0.05) is 23.3 Å². The Morgan fingerprint density at radius 3 is 3.04 bits per heavy atom. The van der Waals surface area contributed by atoms with Gasteiger partial charge in [-0.15, -0.1) is 0 Å². The number of fused-ring (bicyclic) bond motifs is 3. The number of nitrogens with one attached hydrogen (secondary N) is 2. The van der Waals surface area contributed by atoms with Crippen molar-refractivity contribution in [2.45, 2.75) is 52.0 Å². The molecule has 1 aliphatic carbocycles. The van der Waals surface area contributed by atoms with E-state index in [2.05, 4.69) is 21.4 Å². The van der Waals surface area contributed by atoms with Gasteiger partial charge in [-0.25, -0.2) is 4.98 Å². The van der Waals surface area contributed by atoms with Gasteiger partial charge >= 0.3 is 0 Å². The Morgan fingerprint density at radius 1 is 1.32 bits per heavy atom. The fourth-order valence-corrected chi connectivity index (χ4v) is 3.87. The van der Waals surface area contributed by atoms with E-state index in [0.717, 1.165) is 35.7 Å². The van der Waals surface area contributed by atoms with Gasteiger partial charge in [0.2, 0.25) is 5.91 Å². The van der Waals surface area contributed by atoms with Crippen molar-refractivity contribution in [1.82, 2.24) is 19.9 Å². The molecule has 0 aliphatic heterocycles. The second-order valence-corrected chi connectivity index (χ2v) is 7.60. The molecule has 6 nitrogen and oxygen atoms in total. The number of hydrogen-bond donors (Lipinski definition) is 2. The molecule has 2 N–H and O–H groups in total. The summed E-state index contributed by atoms with van der Waals surface area (Å²) in [5.41, 5.74) is 4.51. The van der Waals surface area contributed by atoms with Crippen LogP contribution in [0.1, 0.15) is 44.1 Å². The maximum Gasteiger partial charge on any atom is 0.277 e. The molecule has 0 radical (unpaired) electrons. The Morgan fingerprint density at radius 2 is 2.21 bits per heavy atom. The number of carbonyl (C=O) groups is 1. The monoisotopic (exact) mass is 378 g/mol. The van der Waals surface area contributed by atoms with Crippen LogP contribution in [-0.2, 0) is 11.3 Å². The molecule has 2 aromatic heterocycles. The largest absolute Gasteiger partial charge is 0.356 e. The first kappa shape index (κ1) is 18.5. The molecule has 6 heteroatoms. The minimum Gasteiger partial charge on any atom is -0.356 e. The van der Waals surface area contributed by atoms with Crippen molar-refractivity contribution in [3.8, 4) is 0 Å². The van der Waals surface area contributed by atoms with Crippen LogP contribution in [0.15, 0.2) is 41.0 Å². The molecule has 4 rings (SSSR count). The summed E-state index contributed by atoms with van der Waals surface area (Å²) in [6.45, 7) is 3.01. The molecule has 28 heavy (non-hydrogen) atoms. The zero-order chi connectivity index (χ0) is 19.5. The number of hydrogen-bond acceptors (Lipinski definition) is 3. The van der Waals surface area contributed by atoms with Gasteiger partial charge < -0.3 is 10.3 Å². The Hall–Kier alpha value is -2.89. The van der Waals surface area contributed by atoms with E-state index < -0.39 is 0 Å². The molecule has 146 valence electrons. The van der Waals surface area contributed by atoms with Crippen LogP contribution in [0.2, 0.25) is 0 Å². The highest BCUT2D eigenvalue weighted by atomic mass is 16.1. The van der Waals surface area contributed by atoms with Crippen LogP contribution in [0.25, 0.3) is 21.9 Å². The minimum atomic E-state index is -0.140. The van der Waals surface area contributed by atoms with E-state index >= 15 is 0 Å². The molecular formula is C22H26N4O2. The van der Waals surface area contributed by atoms with Gasteiger partial charge in [0.25, 0.3) is 5.56 Å². The van der Waals surface area contributed by atoms with Gasteiger partial charge in [0, 0.05) is 30.4 Å². The van der Waals surface area contributed by atoms with Crippen molar-refractivity contribution in [1.29, 1.82) is 0 Å². The van der Waals surface area contributed by atoms with E-state index in [0.29, 0.717) is 24.1 Å². The molecule has 1 aliphatic rings. The SMILES string of the molecule is Cc1ccc2[nH]c3c(=O)n(CCC(=O)NCCC4=CCCCC4)cnc3c2c1. The lowest BCUT2D eigenvalue weighted by Crippen LogP contribution is -2.28. The summed E-state index contributed by atoms with van der Waals surface area (Å²) in [7, 11) is 0. The summed E-state index contributed by atoms with van der Waals surface area (Å²) in [5.74, 6) is -0.0318. The number of aromatic amines is 1. The van der Waals surface area contributed by atoms with Crippen molar-refractivity contribution < 1.29 is 4.79 Å². The minimum absolute atomic E-state index is 0.0318. The van der Waals surface area contributed by atoms with Gasteiger partial charge in [0.05, 0.1) is 6.33 Å². The molecule has 0 bridgehead atoms. The van der Waals surface area contributed by atoms with Gasteiger partial charge in [-0.2, -0.15) is 0 Å². The van der Waals surface area contributed by atoms with Crippen molar-refractivity contribution >= 4 is 27.8 Å². The Bertz CT molecular complexity index is 1110. The average molecular weight is 378 g/mol. The molecule has 1 aromatic carbocycles. The van der Waals surface area contributed by atoms with Crippen LogP contribution in [0.5, 0.6) is 0 Å². The highest BCUT2D eigenvalue weighted by molar-refractivity contribution is 6.04. The average Bonchev–Trinajstić information content (AvgIpc) is 3.07. The van der Waals surface area contributed by atoms with Crippen LogP contribution in [0.3, 0.4) is 0 Å². The third-order valence-electron chi connectivity index (χ3n) is 5.46. The van der Waals surface area contributed by atoms with Crippen molar-refractivity contribution in [2.75, 3.05) is 6.54 Å². The summed E-state index contributed by atoms with van der Waals surface area (Å²) in [5, 5.41) is 3.91. The summed E-state index contributed by atoms with van der Waals surface area (Å²) in [6.07, 6.45) is 9.89. The summed E-state index contributed by atoms with van der Waals surface area (Å²) in [6, 6.07) is 6.00.